The maximum absolute atomic E-state index is 13.3. The van der Waals surface area contributed by atoms with Gasteiger partial charge in [0.2, 0.25) is 0 Å². The van der Waals surface area contributed by atoms with Crippen molar-refractivity contribution in [3.63, 3.8) is 0 Å². The van der Waals surface area contributed by atoms with E-state index in [1.54, 1.807) is 6.92 Å². The van der Waals surface area contributed by atoms with E-state index in [9.17, 15) is 9.59 Å². The van der Waals surface area contributed by atoms with Crippen LogP contribution < -0.4 is 10.3 Å². The largest absolute Gasteiger partial charge is 0.461 e. The SMILES string of the molecule is CCOC(=O)c1[nH]c2ccc(N(C)C)cc2c(=O)c1CN(C)Cc1ccccc1. The Hall–Kier alpha value is -3.12. The molecule has 0 spiro atoms. The van der Waals surface area contributed by atoms with Gasteiger partial charge >= 0.3 is 5.97 Å². The van der Waals surface area contributed by atoms with Crippen LogP contribution in [0.15, 0.2) is 53.3 Å². The van der Waals surface area contributed by atoms with Crippen molar-refractivity contribution in [2.24, 2.45) is 0 Å². The highest BCUT2D eigenvalue weighted by atomic mass is 16.5. The van der Waals surface area contributed by atoms with E-state index in [1.165, 1.54) is 0 Å². The van der Waals surface area contributed by atoms with Gasteiger partial charge in [0.25, 0.3) is 0 Å². The van der Waals surface area contributed by atoms with Crippen LogP contribution >= 0.6 is 0 Å². The molecule has 0 saturated heterocycles. The van der Waals surface area contributed by atoms with Crippen molar-refractivity contribution in [1.29, 1.82) is 0 Å². The first-order valence-corrected chi connectivity index (χ1v) is 9.66. The molecule has 0 bridgehead atoms. The number of aromatic amines is 1. The van der Waals surface area contributed by atoms with E-state index in [2.05, 4.69) is 4.98 Å². The van der Waals surface area contributed by atoms with Crippen LogP contribution in [0.4, 0.5) is 5.69 Å². The predicted molar refractivity (Wildman–Crippen MR) is 116 cm³/mol. The number of ether oxygens (including phenoxy) is 1. The average molecular weight is 393 g/mol. The Kier molecular flexibility index (Phi) is 6.34. The van der Waals surface area contributed by atoms with Gasteiger partial charge in [-0.15, -0.1) is 0 Å². The lowest BCUT2D eigenvalue weighted by Gasteiger charge is -2.19. The fraction of sp³-hybridized carbons (Fsp3) is 0.304. The Morgan fingerprint density at radius 3 is 2.41 bits per heavy atom. The lowest BCUT2D eigenvalue weighted by Crippen LogP contribution is -2.27. The van der Waals surface area contributed by atoms with E-state index in [-0.39, 0.29) is 17.7 Å². The molecule has 29 heavy (non-hydrogen) atoms. The molecule has 1 heterocycles. The second-order valence-electron chi connectivity index (χ2n) is 7.31. The predicted octanol–water partition coefficient (Wildman–Crippen LogP) is 3.40. The monoisotopic (exact) mass is 393 g/mol. The molecule has 0 aliphatic carbocycles. The molecule has 6 nitrogen and oxygen atoms in total. The number of carbonyl (C=O) groups is 1. The van der Waals surface area contributed by atoms with Crippen LogP contribution in [0.5, 0.6) is 0 Å². The Balaban J connectivity index is 2.05. The summed E-state index contributed by atoms with van der Waals surface area (Å²) in [6.45, 7) is 3.00. The quantitative estimate of drug-likeness (QED) is 0.623. The van der Waals surface area contributed by atoms with Crippen molar-refractivity contribution < 1.29 is 9.53 Å². The van der Waals surface area contributed by atoms with Crippen LogP contribution in [0.2, 0.25) is 0 Å². The summed E-state index contributed by atoms with van der Waals surface area (Å²) < 4.78 is 5.20. The Morgan fingerprint density at radius 2 is 1.76 bits per heavy atom. The molecule has 0 radical (unpaired) electrons. The summed E-state index contributed by atoms with van der Waals surface area (Å²) in [6.07, 6.45) is 0. The smallest absolute Gasteiger partial charge is 0.355 e. The van der Waals surface area contributed by atoms with Gasteiger partial charge in [-0.05, 0) is 37.7 Å². The summed E-state index contributed by atoms with van der Waals surface area (Å²) >= 11 is 0. The second-order valence-corrected chi connectivity index (χ2v) is 7.31. The molecule has 0 aliphatic heterocycles. The van der Waals surface area contributed by atoms with Gasteiger partial charge in [0.1, 0.15) is 5.69 Å². The topological polar surface area (TPSA) is 65.6 Å². The lowest BCUT2D eigenvalue weighted by molar-refractivity contribution is 0.0517. The highest BCUT2D eigenvalue weighted by Gasteiger charge is 2.20. The summed E-state index contributed by atoms with van der Waals surface area (Å²) in [5.74, 6) is -0.508. The first kappa shape index (κ1) is 20.6. The molecule has 3 rings (SSSR count). The van der Waals surface area contributed by atoms with E-state index >= 15 is 0 Å². The van der Waals surface area contributed by atoms with Crippen molar-refractivity contribution >= 4 is 22.6 Å². The number of anilines is 1. The minimum Gasteiger partial charge on any atom is -0.461 e. The number of H-pyrrole nitrogens is 1. The molecular formula is C23H27N3O3. The lowest BCUT2D eigenvalue weighted by atomic mass is 10.1. The maximum atomic E-state index is 13.3. The maximum Gasteiger partial charge on any atom is 0.355 e. The van der Waals surface area contributed by atoms with Gasteiger partial charge in [-0.2, -0.15) is 0 Å². The van der Waals surface area contributed by atoms with Crippen LogP contribution in [0.3, 0.4) is 0 Å². The van der Waals surface area contributed by atoms with Crippen LogP contribution in [0, 0.1) is 0 Å². The van der Waals surface area contributed by atoms with Crippen LogP contribution in [-0.4, -0.2) is 43.6 Å². The van der Waals surface area contributed by atoms with Gasteiger partial charge in [-0.3, -0.25) is 9.69 Å². The molecular weight excluding hydrogens is 366 g/mol. The highest BCUT2D eigenvalue weighted by Crippen LogP contribution is 2.20. The molecule has 1 N–H and O–H groups in total. The molecule has 0 amide bonds. The zero-order chi connectivity index (χ0) is 21.0. The summed E-state index contributed by atoms with van der Waals surface area (Å²) in [4.78, 5) is 33.0. The van der Waals surface area contributed by atoms with Gasteiger partial charge in [0, 0.05) is 43.8 Å². The zero-order valence-electron chi connectivity index (χ0n) is 17.4. The molecule has 3 aromatic rings. The van der Waals surface area contributed by atoms with Gasteiger partial charge < -0.3 is 14.6 Å². The Labute approximate surface area is 170 Å². The standard InChI is InChI=1S/C23H27N3O3/c1-5-29-23(28)21-19(15-26(4)14-16-9-7-6-8-10-16)22(27)18-13-17(25(2)3)11-12-20(18)24-21/h6-13H,5,14-15H2,1-4H3,(H,24,27). The fourth-order valence-electron chi connectivity index (χ4n) is 3.34. The number of fused-ring (bicyclic) bond motifs is 1. The normalized spacial score (nSPS) is 11.1. The van der Waals surface area contributed by atoms with Crippen molar-refractivity contribution in [1.82, 2.24) is 9.88 Å². The molecule has 0 fully saturated rings. The number of hydrogen-bond donors (Lipinski definition) is 1. The minimum absolute atomic E-state index is 0.148. The van der Waals surface area contributed by atoms with E-state index in [0.717, 1.165) is 11.3 Å². The third-order valence-electron chi connectivity index (χ3n) is 4.80. The average Bonchev–Trinajstić information content (AvgIpc) is 2.70. The second kappa shape index (κ2) is 8.92. The number of benzene rings is 2. The van der Waals surface area contributed by atoms with Crippen molar-refractivity contribution in [3.05, 3.63) is 75.6 Å². The fourth-order valence-corrected chi connectivity index (χ4v) is 3.34. The van der Waals surface area contributed by atoms with E-state index in [1.807, 2.05) is 79.5 Å². The molecule has 2 aromatic carbocycles. The Morgan fingerprint density at radius 1 is 1.03 bits per heavy atom. The van der Waals surface area contributed by atoms with E-state index in [4.69, 9.17) is 4.74 Å². The molecule has 152 valence electrons. The van der Waals surface area contributed by atoms with Crippen LogP contribution in [0.1, 0.15) is 28.5 Å². The summed E-state index contributed by atoms with van der Waals surface area (Å²) in [6, 6.07) is 15.6. The summed E-state index contributed by atoms with van der Waals surface area (Å²) in [5.41, 5.74) is 3.19. The summed E-state index contributed by atoms with van der Waals surface area (Å²) in [7, 11) is 5.79. The first-order chi connectivity index (χ1) is 13.9. The van der Waals surface area contributed by atoms with Gasteiger partial charge in [-0.25, -0.2) is 4.79 Å². The van der Waals surface area contributed by atoms with E-state index < -0.39 is 5.97 Å². The third-order valence-corrected chi connectivity index (χ3v) is 4.80. The molecule has 0 aliphatic rings. The molecule has 0 saturated carbocycles. The molecule has 0 atom stereocenters. The van der Waals surface area contributed by atoms with Gasteiger partial charge in [-0.1, -0.05) is 30.3 Å². The van der Waals surface area contributed by atoms with Crippen molar-refractivity contribution in [2.75, 3.05) is 32.6 Å². The van der Waals surface area contributed by atoms with Gasteiger partial charge in [0.15, 0.2) is 5.43 Å². The number of pyridine rings is 1. The zero-order valence-corrected chi connectivity index (χ0v) is 17.4. The van der Waals surface area contributed by atoms with Crippen LogP contribution in [0.25, 0.3) is 10.9 Å². The van der Waals surface area contributed by atoms with Gasteiger partial charge in [0.05, 0.1) is 12.1 Å². The number of hydrogen-bond acceptors (Lipinski definition) is 5. The number of aromatic nitrogens is 1. The van der Waals surface area contributed by atoms with Crippen LogP contribution in [-0.2, 0) is 17.8 Å². The molecule has 1 aromatic heterocycles. The van der Waals surface area contributed by atoms with Crippen molar-refractivity contribution in [2.45, 2.75) is 20.0 Å². The first-order valence-electron chi connectivity index (χ1n) is 9.66. The third kappa shape index (κ3) is 4.66. The number of nitrogens with one attached hydrogen (secondary N) is 1. The summed E-state index contributed by atoms with van der Waals surface area (Å²) in [5, 5.41) is 0.562. The number of rotatable bonds is 7. The minimum atomic E-state index is -0.508. The van der Waals surface area contributed by atoms with Crippen molar-refractivity contribution in [3.8, 4) is 0 Å². The Bertz CT molecular complexity index is 1060. The highest BCUT2D eigenvalue weighted by molar-refractivity contribution is 5.93. The molecule has 0 unspecified atom stereocenters. The number of esters is 1. The number of carbonyl (C=O) groups excluding carboxylic acids is 1. The number of nitrogens with zero attached hydrogens (tertiary/aromatic N) is 2. The molecule has 6 heteroatoms. The van der Waals surface area contributed by atoms with E-state index in [0.29, 0.717) is 29.6 Å².